The summed E-state index contributed by atoms with van der Waals surface area (Å²) in [7, 11) is 1.82. The maximum atomic E-state index is 6.06. The van der Waals surface area contributed by atoms with Crippen molar-refractivity contribution in [2.24, 2.45) is 7.05 Å². The van der Waals surface area contributed by atoms with E-state index in [2.05, 4.69) is 11.2 Å². The molecule has 0 saturated carbocycles. The number of benzene rings is 1. The Morgan fingerprint density at radius 2 is 2.12 bits per heavy atom. The molecule has 1 aromatic carbocycles. The lowest BCUT2D eigenvalue weighted by molar-refractivity contribution is 0.779. The van der Waals surface area contributed by atoms with Gasteiger partial charge < -0.3 is 5.73 Å². The van der Waals surface area contributed by atoms with Crippen LogP contribution in [0.1, 0.15) is 0 Å². The predicted molar refractivity (Wildman–Crippen MR) is 69.8 cm³/mol. The van der Waals surface area contributed by atoms with Crippen molar-refractivity contribution >= 4 is 29.2 Å². The molecule has 5 heteroatoms. The number of aromatic nitrogens is 2. The molecule has 2 N–H and O–H groups in total. The van der Waals surface area contributed by atoms with Crippen molar-refractivity contribution in [1.29, 1.82) is 0 Å². The van der Waals surface area contributed by atoms with E-state index in [-0.39, 0.29) is 0 Å². The van der Waals surface area contributed by atoms with Gasteiger partial charge in [0.1, 0.15) is 5.82 Å². The standard InChI is InChI=1S/C11H12ClN3S/c1-15-11(13)10(6-14-15)7-3-8(12)5-9(4-7)16-2/h3-6H,13H2,1-2H3. The zero-order valence-corrected chi connectivity index (χ0v) is 10.6. The van der Waals surface area contributed by atoms with Crippen LogP contribution in [-0.2, 0) is 7.05 Å². The van der Waals surface area contributed by atoms with Crippen molar-refractivity contribution in [2.75, 3.05) is 12.0 Å². The molecule has 0 fully saturated rings. The van der Waals surface area contributed by atoms with E-state index in [0.717, 1.165) is 16.0 Å². The minimum atomic E-state index is 0.648. The van der Waals surface area contributed by atoms with Gasteiger partial charge in [0.2, 0.25) is 0 Å². The highest BCUT2D eigenvalue weighted by atomic mass is 35.5. The largest absolute Gasteiger partial charge is 0.383 e. The lowest BCUT2D eigenvalue weighted by Gasteiger charge is -2.04. The monoisotopic (exact) mass is 253 g/mol. The molecule has 0 unspecified atom stereocenters. The zero-order chi connectivity index (χ0) is 11.7. The van der Waals surface area contributed by atoms with Crippen molar-refractivity contribution in [1.82, 2.24) is 9.78 Å². The van der Waals surface area contributed by atoms with Gasteiger partial charge in [-0.2, -0.15) is 5.10 Å². The summed E-state index contributed by atoms with van der Waals surface area (Å²) in [5.74, 6) is 0.648. The normalized spacial score (nSPS) is 10.7. The van der Waals surface area contributed by atoms with Crippen molar-refractivity contribution in [3.05, 3.63) is 29.4 Å². The molecule has 0 aliphatic heterocycles. The fourth-order valence-corrected chi connectivity index (χ4v) is 2.29. The van der Waals surface area contributed by atoms with Gasteiger partial charge in [0.25, 0.3) is 0 Å². The molecular formula is C11H12ClN3S. The molecule has 0 bridgehead atoms. The molecule has 0 amide bonds. The third kappa shape index (κ3) is 2.03. The van der Waals surface area contributed by atoms with E-state index in [0.29, 0.717) is 10.8 Å². The molecule has 0 radical (unpaired) electrons. The summed E-state index contributed by atoms with van der Waals surface area (Å²) >= 11 is 7.71. The maximum absolute atomic E-state index is 6.06. The van der Waals surface area contributed by atoms with E-state index in [1.807, 2.05) is 25.4 Å². The fourth-order valence-electron chi connectivity index (χ4n) is 1.51. The second-order valence-electron chi connectivity index (χ2n) is 3.45. The Hall–Kier alpha value is -1.13. The van der Waals surface area contributed by atoms with Gasteiger partial charge in [0, 0.05) is 22.5 Å². The molecule has 0 aliphatic rings. The molecule has 0 aliphatic carbocycles. The zero-order valence-electron chi connectivity index (χ0n) is 9.07. The van der Waals surface area contributed by atoms with E-state index in [9.17, 15) is 0 Å². The number of anilines is 1. The van der Waals surface area contributed by atoms with Crippen molar-refractivity contribution in [3.63, 3.8) is 0 Å². The number of nitrogens with zero attached hydrogens (tertiary/aromatic N) is 2. The topological polar surface area (TPSA) is 43.8 Å². The Morgan fingerprint density at radius 1 is 1.38 bits per heavy atom. The molecular weight excluding hydrogens is 242 g/mol. The summed E-state index contributed by atoms with van der Waals surface area (Å²) < 4.78 is 1.65. The van der Waals surface area contributed by atoms with Crippen LogP contribution >= 0.6 is 23.4 Å². The van der Waals surface area contributed by atoms with E-state index < -0.39 is 0 Å². The van der Waals surface area contributed by atoms with Crippen LogP contribution in [0.3, 0.4) is 0 Å². The molecule has 0 saturated heterocycles. The number of halogens is 1. The lowest BCUT2D eigenvalue weighted by atomic mass is 10.1. The van der Waals surface area contributed by atoms with Crippen LogP contribution in [-0.4, -0.2) is 16.0 Å². The van der Waals surface area contributed by atoms with Crippen LogP contribution in [0, 0.1) is 0 Å². The third-order valence-electron chi connectivity index (χ3n) is 2.40. The molecule has 84 valence electrons. The summed E-state index contributed by atoms with van der Waals surface area (Å²) in [5.41, 5.74) is 7.85. The molecule has 0 spiro atoms. The number of thioether (sulfide) groups is 1. The molecule has 0 atom stereocenters. The number of nitrogens with two attached hydrogens (primary N) is 1. The Balaban J connectivity index is 2.55. The number of nitrogen functional groups attached to an aromatic ring is 1. The highest BCUT2D eigenvalue weighted by molar-refractivity contribution is 7.98. The first-order valence-corrected chi connectivity index (χ1v) is 6.34. The second kappa shape index (κ2) is 4.39. The van der Waals surface area contributed by atoms with Crippen molar-refractivity contribution < 1.29 is 0 Å². The fraction of sp³-hybridized carbons (Fsp3) is 0.182. The van der Waals surface area contributed by atoms with Crippen LogP contribution in [0.2, 0.25) is 5.02 Å². The molecule has 1 aromatic heterocycles. The van der Waals surface area contributed by atoms with Gasteiger partial charge in [-0.1, -0.05) is 11.6 Å². The third-order valence-corrected chi connectivity index (χ3v) is 3.33. The molecule has 16 heavy (non-hydrogen) atoms. The summed E-state index contributed by atoms with van der Waals surface area (Å²) in [4.78, 5) is 1.12. The van der Waals surface area contributed by atoms with Crippen LogP contribution in [0.15, 0.2) is 29.3 Å². The molecule has 2 aromatic rings. The SMILES string of the molecule is CSc1cc(Cl)cc(-c2cnn(C)c2N)c1. The Bertz CT molecular complexity index is 522. The van der Waals surface area contributed by atoms with Gasteiger partial charge in [-0.05, 0) is 30.0 Å². The molecule has 3 nitrogen and oxygen atoms in total. The highest BCUT2D eigenvalue weighted by Crippen LogP contribution is 2.31. The summed E-state index contributed by atoms with van der Waals surface area (Å²) in [6, 6.07) is 5.89. The smallest absolute Gasteiger partial charge is 0.129 e. The average molecular weight is 254 g/mol. The van der Waals surface area contributed by atoms with E-state index in [1.165, 1.54) is 0 Å². The first-order valence-electron chi connectivity index (χ1n) is 4.74. The number of hydrogen-bond donors (Lipinski definition) is 1. The van der Waals surface area contributed by atoms with Gasteiger partial charge >= 0.3 is 0 Å². The Labute approximate surface area is 104 Å². The quantitative estimate of drug-likeness (QED) is 0.837. The van der Waals surface area contributed by atoms with Crippen LogP contribution < -0.4 is 5.73 Å². The first-order chi connectivity index (χ1) is 7.61. The van der Waals surface area contributed by atoms with Crippen LogP contribution in [0.5, 0.6) is 0 Å². The van der Waals surface area contributed by atoms with Gasteiger partial charge in [-0.3, -0.25) is 4.68 Å². The minimum Gasteiger partial charge on any atom is -0.383 e. The van der Waals surface area contributed by atoms with E-state index >= 15 is 0 Å². The minimum absolute atomic E-state index is 0.648. The number of aryl methyl sites for hydroxylation is 1. The number of rotatable bonds is 2. The first kappa shape index (κ1) is 11.4. The maximum Gasteiger partial charge on any atom is 0.129 e. The summed E-state index contributed by atoms with van der Waals surface area (Å²) in [6.07, 6.45) is 3.77. The van der Waals surface area contributed by atoms with Gasteiger partial charge in [0.05, 0.1) is 6.20 Å². The molecule has 1 heterocycles. The van der Waals surface area contributed by atoms with E-state index in [1.54, 1.807) is 22.6 Å². The summed E-state index contributed by atoms with van der Waals surface area (Å²) in [5, 5.41) is 4.83. The van der Waals surface area contributed by atoms with E-state index in [4.69, 9.17) is 17.3 Å². The Kier molecular flexibility index (Phi) is 3.12. The van der Waals surface area contributed by atoms with Crippen molar-refractivity contribution in [2.45, 2.75) is 4.90 Å². The van der Waals surface area contributed by atoms with Crippen LogP contribution in [0.4, 0.5) is 5.82 Å². The molecule has 2 rings (SSSR count). The number of hydrogen-bond acceptors (Lipinski definition) is 3. The predicted octanol–water partition coefficient (Wildman–Crippen LogP) is 3.04. The van der Waals surface area contributed by atoms with Gasteiger partial charge in [-0.25, -0.2) is 0 Å². The highest BCUT2D eigenvalue weighted by Gasteiger charge is 2.08. The Morgan fingerprint density at radius 3 is 2.69 bits per heavy atom. The van der Waals surface area contributed by atoms with Crippen molar-refractivity contribution in [3.8, 4) is 11.1 Å². The van der Waals surface area contributed by atoms with Gasteiger partial charge in [-0.15, -0.1) is 11.8 Å². The van der Waals surface area contributed by atoms with Gasteiger partial charge in [0.15, 0.2) is 0 Å². The second-order valence-corrected chi connectivity index (χ2v) is 4.76. The summed E-state index contributed by atoms with van der Waals surface area (Å²) in [6.45, 7) is 0. The average Bonchev–Trinajstić information content (AvgIpc) is 2.59. The van der Waals surface area contributed by atoms with Crippen LogP contribution in [0.25, 0.3) is 11.1 Å². The lowest BCUT2D eigenvalue weighted by Crippen LogP contribution is -1.98.